The molecule has 32 heavy (non-hydrogen) atoms. The minimum Gasteiger partial charge on any atom is -0.477 e. The molecule has 0 aromatic rings. The number of hydrogen-bond acceptors (Lipinski definition) is 8. The topological polar surface area (TPSA) is 135 Å². The van der Waals surface area contributed by atoms with Crippen molar-refractivity contribution in [3.8, 4) is 0 Å². The molecule has 10 nitrogen and oxygen atoms in total. The normalized spacial score (nSPS) is 34.5. The van der Waals surface area contributed by atoms with Crippen LogP contribution >= 0.6 is 11.8 Å². The SMILES string of the molecule is CC(C1C=C(CO)N=N1)[C@H]1C(=O)N2C(C(=O)O)=C(S[C@@H]3CN[C@H](C(=O)N(C)C)C3)[C@H](C)C12. The Morgan fingerprint density at radius 1 is 1.41 bits per heavy atom. The molecule has 4 heterocycles. The van der Waals surface area contributed by atoms with E-state index in [1.54, 1.807) is 25.1 Å². The summed E-state index contributed by atoms with van der Waals surface area (Å²) in [6.07, 6.45) is 2.38. The third-order valence-electron chi connectivity index (χ3n) is 6.86. The number of carboxylic acids is 1. The molecule has 3 unspecified atom stereocenters. The highest BCUT2D eigenvalue weighted by molar-refractivity contribution is 8.03. The number of nitrogens with one attached hydrogen (secondary N) is 1. The summed E-state index contributed by atoms with van der Waals surface area (Å²) in [6.45, 7) is 4.30. The second-order valence-electron chi connectivity index (χ2n) is 9.08. The average Bonchev–Trinajstić information content (AvgIpc) is 3.46. The fourth-order valence-electron chi connectivity index (χ4n) is 5.15. The number of β-lactam (4-membered cyclic amide) rings is 1. The van der Waals surface area contributed by atoms with Gasteiger partial charge >= 0.3 is 5.97 Å². The zero-order valence-electron chi connectivity index (χ0n) is 18.6. The molecule has 0 aromatic carbocycles. The minimum absolute atomic E-state index is 0.00826. The third-order valence-corrected chi connectivity index (χ3v) is 8.38. The van der Waals surface area contributed by atoms with Crippen LogP contribution in [0.15, 0.2) is 32.6 Å². The van der Waals surface area contributed by atoms with Crippen LogP contribution in [0.5, 0.6) is 0 Å². The van der Waals surface area contributed by atoms with Crippen LogP contribution in [0.2, 0.25) is 0 Å². The molecule has 4 aliphatic heterocycles. The van der Waals surface area contributed by atoms with E-state index in [0.29, 0.717) is 23.6 Å². The molecule has 0 spiro atoms. The second kappa shape index (κ2) is 8.60. The molecule has 0 saturated carbocycles. The number of aliphatic hydroxyl groups excluding tert-OH is 1. The number of carbonyl (C=O) groups excluding carboxylic acids is 2. The van der Waals surface area contributed by atoms with Crippen molar-refractivity contribution in [2.24, 2.45) is 28.0 Å². The number of hydrogen-bond donors (Lipinski definition) is 3. The van der Waals surface area contributed by atoms with Crippen molar-refractivity contribution in [2.75, 3.05) is 27.2 Å². The van der Waals surface area contributed by atoms with E-state index < -0.39 is 5.97 Å². The predicted octanol–water partition coefficient (Wildman–Crippen LogP) is 0.658. The van der Waals surface area contributed by atoms with E-state index >= 15 is 0 Å². The molecule has 2 amide bonds. The van der Waals surface area contributed by atoms with Crippen molar-refractivity contribution >= 4 is 29.5 Å². The first-order valence-corrected chi connectivity index (χ1v) is 11.7. The zero-order valence-corrected chi connectivity index (χ0v) is 19.4. The summed E-state index contributed by atoms with van der Waals surface area (Å²) < 4.78 is 0. The van der Waals surface area contributed by atoms with Crippen LogP contribution in [-0.4, -0.2) is 88.4 Å². The van der Waals surface area contributed by atoms with Crippen LogP contribution in [0.4, 0.5) is 0 Å². The third kappa shape index (κ3) is 3.65. The van der Waals surface area contributed by atoms with Crippen molar-refractivity contribution in [3.63, 3.8) is 0 Å². The lowest BCUT2D eigenvalue weighted by Gasteiger charge is -2.48. The first-order chi connectivity index (χ1) is 15.1. The molecule has 4 rings (SSSR count). The van der Waals surface area contributed by atoms with Crippen molar-refractivity contribution < 1.29 is 24.6 Å². The monoisotopic (exact) mass is 463 g/mol. The number of aliphatic carboxylic acids is 1. The highest BCUT2D eigenvalue weighted by Crippen LogP contribution is 2.53. The fourth-order valence-corrected chi connectivity index (χ4v) is 6.63. The average molecular weight is 464 g/mol. The Labute approximate surface area is 190 Å². The van der Waals surface area contributed by atoms with Gasteiger partial charge in [0.2, 0.25) is 11.8 Å². The minimum atomic E-state index is -1.10. The van der Waals surface area contributed by atoms with Crippen molar-refractivity contribution in [2.45, 2.75) is 43.6 Å². The molecule has 0 aromatic heterocycles. The highest BCUT2D eigenvalue weighted by Gasteiger charge is 2.61. The number of aliphatic hydroxyl groups is 1. The number of thioether (sulfide) groups is 1. The number of nitrogens with zero attached hydrogens (tertiary/aromatic N) is 4. The standard InChI is InChI=1S/C21H29N5O5S/c1-9(13-5-11(8-27)23-24-13)15-16-10(2)18(17(21(30)31)26(16)20(15)29)32-12-6-14(22-7-12)19(28)25(3)4/h5,9-10,12-16,22,27H,6-8H2,1-4H3,(H,30,31)/t9?,10-,12+,13?,14+,15-,16?/m1/s1. The van der Waals surface area contributed by atoms with Crippen molar-refractivity contribution in [1.82, 2.24) is 15.1 Å². The molecule has 0 radical (unpaired) electrons. The van der Waals surface area contributed by atoms with Gasteiger partial charge in [-0.3, -0.25) is 9.59 Å². The highest BCUT2D eigenvalue weighted by atomic mass is 32.2. The van der Waals surface area contributed by atoms with Crippen molar-refractivity contribution in [3.05, 3.63) is 22.4 Å². The van der Waals surface area contributed by atoms with Crippen molar-refractivity contribution in [1.29, 1.82) is 0 Å². The lowest BCUT2D eigenvalue weighted by molar-refractivity contribution is -0.160. The lowest BCUT2D eigenvalue weighted by Crippen LogP contribution is -2.63. The number of amides is 2. The fraction of sp³-hybridized carbons (Fsp3) is 0.667. The maximum atomic E-state index is 13.1. The number of carboxylic acid groups (broad SMARTS) is 1. The first kappa shape index (κ1) is 22.9. The molecule has 0 aliphatic carbocycles. The Morgan fingerprint density at radius 3 is 2.72 bits per heavy atom. The molecule has 11 heteroatoms. The number of fused-ring (bicyclic) bond motifs is 1. The Hall–Kier alpha value is -2.24. The van der Waals surface area contributed by atoms with Gasteiger partial charge in [0.15, 0.2) is 0 Å². The zero-order chi connectivity index (χ0) is 23.3. The lowest BCUT2D eigenvalue weighted by atomic mass is 9.72. The van der Waals surface area contributed by atoms with Crippen LogP contribution < -0.4 is 5.32 Å². The van der Waals surface area contributed by atoms with Gasteiger partial charge in [0, 0.05) is 36.7 Å². The van der Waals surface area contributed by atoms with Crippen LogP contribution in [0.3, 0.4) is 0 Å². The van der Waals surface area contributed by atoms with Crippen LogP contribution in [0.25, 0.3) is 0 Å². The quantitative estimate of drug-likeness (QED) is 0.472. The maximum absolute atomic E-state index is 13.1. The first-order valence-electron chi connectivity index (χ1n) is 10.8. The maximum Gasteiger partial charge on any atom is 0.353 e. The number of rotatable bonds is 7. The van der Waals surface area contributed by atoms with Gasteiger partial charge in [-0.25, -0.2) is 4.79 Å². The Bertz CT molecular complexity index is 932. The molecule has 174 valence electrons. The predicted molar refractivity (Wildman–Crippen MR) is 117 cm³/mol. The molecule has 7 atom stereocenters. The summed E-state index contributed by atoms with van der Waals surface area (Å²) in [4.78, 5) is 41.2. The molecule has 2 saturated heterocycles. The van der Waals surface area contributed by atoms with E-state index in [9.17, 15) is 24.6 Å². The second-order valence-corrected chi connectivity index (χ2v) is 10.4. The molecular formula is C21H29N5O5S. The van der Waals surface area contributed by atoms with Gasteiger partial charge in [0.05, 0.1) is 36.3 Å². The summed E-state index contributed by atoms with van der Waals surface area (Å²) in [5, 5.41) is 30.6. The summed E-state index contributed by atoms with van der Waals surface area (Å²) >= 11 is 1.48. The Balaban J connectivity index is 1.51. The van der Waals surface area contributed by atoms with E-state index in [2.05, 4.69) is 15.5 Å². The van der Waals surface area contributed by atoms with E-state index in [1.165, 1.54) is 16.7 Å². The summed E-state index contributed by atoms with van der Waals surface area (Å²) in [5.74, 6) is -1.94. The Morgan fingerprint density at radius 2 is 2.12 bits per heavy atom. The molecule has 2 fully saturated rings. The Kier molecular flexibility index (Phi) is 6.17. The van der Waals surface area contributed by atoms with Crippen LogP contribution in [0.1, 0.15) is 20.3 Å². The number of azo groups is 1. The van der Waals surface area contributed by atoms with Crippen LogP contribution in [0, 0.1) is 17.8 Å². The number of carbonyl (C=O) groups is 3. The van der Waals surface area contributed by atoms with Gasteiger partial charge in [-0.15, -0.1) is 11.8 Å². The molecule has 4 aliphatic rings. The van der Waals surface area contributed by atoms with Gasteiger partial charge in [-0.1, -0.05) is 13.8 Å². The summed E-state index contributed by atoms with van der Waals surface area (Å²) in [6, 6.07) is -0.816. The summed E-state index contributed by atoms with van der Waals surface area (Å²) in [7, 11) is 3.43. The van der Waals surface area contributed by atoms with E-state index in [1.807, 2.05) is 13.8 Å². The van der Waals surface area contributed by atoms with Gasteiger partial charge in [0.1, 0.15) is 5.70 Å². The van der Waals surface area contributed by atoms with E-state index in [4.69, 9.17) is 0 Å². The van der Waals surface area contributed by atoms with Gasteiger partial charge in [0.25, 0.3) is 0 Å². The van der Waals surface area contributed by atoms with E-state index in [-0.39, 0.29) is 65.2 Å². The van der Waals surface area contributed by atoms with E-state index in [0.717, 1.165) is 0 Å². The van der Waals surface area contributed by atoms with Crippen LogP contribution in [-0.2, 0) is 14.4 Å². The molecule has 0 bridgehead atoms. The smallest absolute Gasteiger partial charge is 0.353 e. The molecular weight excluding hydrogens is 434 g/mol. The largest absolute Gasteiger partial charge is 0.477 e. The van der Waals surface area contributed by atoms with Gasteiger partial charge in [-0.05, 0) is 18.4 Å². The van der Waals surface area contributed by atoms with Gasteiger partial charge in [-0.2, -0.15) is 10.2 Å². The summed E-state index contributed by atoms with van der Waals surface area (Å²) in [5.41, 5.74) is 0.559. The van der Waals surface area contributed by atoms with Gasteiger partial charge < -0.3 is 25.3 Å². The molecule has 3 N–H and O–H groups in total. The number of likely N-dealkylation sites (N-methyl/N-ethyl adjacent to an activating group) is 1.